The molecular formula is C14H22FN3. The molecular weight excluding hydrogens is 229 g/mol. The summed E-state index contributed by atoms with van der Waals surface area (Å²) in [5.41, 5.74) is 6.96. The third-order valence-electron chi connectivity index (χ3n) is 3.85. The number of halogens is 1. The van der Waals surface area contributed by atoms with Crippen molar-refractivity contribution < 1.29 is 4.39 Å². The molecule has 1 aliphatic heterocycles. The third kappa shape index (κ3) is 2.87. The Balaban J connectivity index is 2.15. The molecule has 1 saturated heterocycles. The van der Waals surface area contributed by atoms with Gasteiger partial charge in [0.15, 0.2) is 0 Å². The molecule has 1 aromatic rings. The Labute approximate surface area is 108 Å². The van der Waals surface area contributed by atoms with E-state index >= 15 is 0 Å². The van der Waals surface area contributed by atoms with E-state index in [1.807, 2.05) is 0 Å². The van der Waals surface area contributed by atoms with Crippen LogP contribution in [0, 0.1) is 5.82 Å². The van der Waals surface area contributed by atoms with Crippen molar-refractivity contribution in [3.05, 3.63) is 29.8 Å². The zero-order valence-electron chi connectivity index (χ0n) is 11.1. The van der Waals surface area contributed by atoms with Crippen molar-refractivity contribution in [2.75, 3.05) is 6.54 Å². The maximum atomic E-state index is 12.9. The number of aromatic nitrogens is 1. The minimum Gasteiger partial charge on any atom is -0.328 e. The first-order valence-electron chi connectivity index (χ1n) is 6.74. The minimum atomic E-state index is -0.276. The van der Waals surface area contributed by atoms with E-state index < -0.39 is 0 Å². The van der Waals surface area contributed by atoms with Crippen molar-refractivity contribution in [1.29, 1.82) is 0 Å². The van der Waals surface area contributed by atoms with Crippen LogP contribution in [-0.2, 0) is 0 Å². The number of hydrogen-bond acceptors (Lipinski definition) is 3. The molecule has 2 rings (SSSR count). The fourth-order valence-electron chi connectivity index (χ4n) is 2.89. The first-order chi connectivity index (χ1) is 8.61. The number of rotatable bonds is 3. The lowest BCUT2D eigenvalue weighted by atomic mass is 9.95. The highest BCUT2D eigenvalue weighted by Crippen LogP contribution is 2.29. The van der Waals surface area contributed by atoms with Gasteiger partial charge in [-0.05, 0) is 38.3 Å². The second-order valence-electron chi connectivity index (χ2n) is 5.20. The van der Waals surface area contributed by atoms with Gasteiger partial charge in [-0.1, -0.05) is 6.92 Å². The van der Waals surface area contributed by atoms with Gasteiger partial charge in [-0.2, -0.15) is 0 Å². The highest BCUT2D eigenvalue weighted by atomic mass is 19.1. The summed E-state index contributed by atoms with van der Waals surface area (Å²) >= 11 is 0. The first kappa shape index (κ1) is 13.4. The lowest BCUT2D eigenvalue weighted by Gasteiger charge is -2.41. The normalized spacial score (nSPS) is 27.1. The van der Waals surface area contributed by atoms with Crippen molar-refractivity contribution in [3.63, 3.8) is 0 Å². The molecule has 2 N–H and O–H groups in total. The van der Waals surface area contributed by atoms with Crippen LogP contribution in [0.4, 0.5) is 4.39 Å². The molecule has 0 radical (unpaired) electrons. The van der Waals surface area contributed by atoms with E-state index in [4.69, 9.17) is 5.73 Å². The number of piperidine rings is 1. The molecule has 1 aromatic heterocycles. The van der Waals surface area contributed by atoms with Gasteiger partial charge in [0.25, 0.3) is 0 Å². The molecule has 3 nitrogen and oxygen atoms in total. The van der Waals surface area contributed by atoms with E-state index in [-0.39, 0.29) is 11.9 Å². The summed E-state index contributed by atoms with van der Waals surface area (Å²) in [5, 5.41) is 0. The number of nitrogens with two attached hydrogens (primary N) is 1. The van der Waals surface area contributed by atoms with Crippen LogP contribution in [0.15, 0.2) is 18.3 Å². The number of likely N-dealkylation sites (tertiary alicyclic amines) is 1. The maximum Gasteiger partial charge on any atom is 0.141 e. The van der Waals surface area contributed by atoms with Crippen molar-refractivity contribution in [3.8, 4) is 0 Å². The molecule has 100 valence electrons. The Morgan fingerprint density at radius 3 is 2.89 bits per heavy atom. The third-order valence-corrected chi connectivity index (χ3v) is 3.85. The molecule has 0 spiro atoms. The Hall–Kier alpha value is -1.00. The highest BCUT2D eigenvalue weighted by molar-refractivity contribution is 5.11. The molecule has 18 heavy (non-hydrogen) atoms. The molecule has 0 amide bonds. The number of pyridine rings is 1. The lowest BCUT2D eigenvalue weighted by Crippen LogP contribution is -2.47. The minimum absolute atomic E-state index is 0.271. The average molecular weight is 251 g/mol. The van der Waals surface area contributed by atoms with Crippen molar-refractivity contribution in [2.24, 2.45) is 5.73 Å². The van der Waals surface area contributed by atoms with Crippen LogP contribution in [0.5, 0.6) is 0 Å². The summed E-state index contributed by atoms with van der Waals surface area (Å²) in [6, 6.07) is 4.34. The van der Waals surface area contributed by atoms with E-state index in [0.717, 1.165) is 31.5 Å². The Morgan fingerprint density at radius 2 is 2.33 bits per heavy atom. The summed E-state index contributed by atoms with van der Waals surface area (Å²) in [5.74, 6) is -0.276. The van der Waals surface area contributed by atoms with Gasteiger partial charge in [0, 0.05) is 18.6 Å². The largest absolute Gasteiger partial charge is 0.328 e. The van der Waals surface area contributed by atoms with Crippen molar-refractivity contribution in [1.82, 2.24) is 9.88 Å². The van der Waals surface area contributed by atoms with Gasteiger partial charge in [-0.25, -0.2) is 4.39 Å². The summed E-state index contributed by atoms with van der Waals surface area (Å²) < 4.78 is 12.9. The fourth-order valence-corrected chi connectivity index (χ4v) is 2.89. The summed E-state index contributed by atoms with van der Waals surface area (Å²) in [6.45, 7) is 5.36. The molecule has 4 heteroatoms. The average Bonchev–Trinajstić information content (AvgIpc) is 2.35. The first-order valence-corrected chi connectivity index (χ1v) is 6.74. The predicted octanol–water partition coefficient (Wildman–Crippen LogP) is 2.48. The van der Waals surface area contributed by atoms with Gasteiger partial charge in [-0.3, -0.25) is 9.88 Å². The van der Waals surface area contributed by atoms with Gasteiger partial charge < -0.3 is 5.73 Å². The Bertz CT molecular complexity index is 379. The van der Waals surface area contributed by atoms with E-state index in [1.165, 1.54) is 12.3 Å². The quantitative estimate of drug-likeness (QED) is 0.897. The van der Waals surface area contributed by atoms with Crippen LogP contribution in [0.25, 0.3) is 0 Å². The summed E-state index contributed by atoms with van der Waals surface area (Å²) in [6.07, 6.45) is 4.34. The molecule has 0 aromatic carbocycles. The SMILES string of the molecule is CCC(c1ccc(F)cn1)N1CCC(N)CC1C. The van der Waals surface area contributed by atoms with Gasteiger partial charge >= 0.3 is 0 Å². The Morgan fingerprint density at radius 1 is 1.56 bits per heavy atom. The molecule has 0 saturated carbocycles. The maximum absolute atomic E-state index is 12.9. The standard InChI is InChI=1S/C14H22FN3/c1-3-14(13-5-4-11(15)9-17-13)18-7-6-12(16)8-10(18)2/h4-5,9-10,12,14H,3,6-8,16H2,1-2H3. The van der Waals surface area contributed by atoms with Crippen LogP contribution in [0.2, 0.25) is 0 Å². The molecule has 3 unspecified atom stereocenters. The van der Waals surface area contributed by atoms with Crippen LogP contribution in [0.1, 0.15) is 44.8 Å². The predicted molar refractivity (Wildman–Crippen MR) is 70.6 cm³/mol. The van der Waals surface area contributed by atoms with Crippen LogP contribution in [0.3, 0.4) is 0 Å². The van der Waals surface area contributed by atoms with Crippen molar-refractivity contribution in [2.45, 2.75) is 51.2 Å². The number of hydrogen-bond donors (Lipinski definition) is 1. The monoisotopic (exact) mass is 251 g/mol. The zero-order valence-corrected chi connectivity index (χ0v) is 11.1. The van der Waals surface area contributed by atoms with Gasteiger partial charge in [0.05, 0.1) is 17.9 Å². The highest BCUT2D eigenvalue weighted by Gasteiger charge is 2.29. The molecule has 1 aliphatic rings. The van der Waals surface area contributed by atoms with Crippen LogP contribution >= 0.6 is 0 Å². The van der Waals surface area contributed by atoms with Crippen LogP contribution in [-0.4, -0.2) is 28.5 Å². The Kier molecular flexibility index (Phi) is 4.30. The number of nitrogens with zero attached hydrogens (tertiary/aromatic N) is 2. The second kappa shape index (κ2) is 5.76. The molecule has 1 fully saturated rings. The topological polar surface area (TPSA) is 42.2 Å². The summed E-state index contributed by atoms with van der Waals surface area (Å²) in [4.78, 5) is 6.68. The van der Waals surface area contributed by atoms with Gasteiger partial charge in [-0.15, -0.1) is 0 Å². The van der Waals surface area contributed by atoms with Gasteiger partial charge in [0.1, 0.15) is 5.82 Å². The lowest BCUT2D eigenvalue weighted by molar-refractivity contribution is 0.0906. The fraction of sp³-hybridized carbons (Fsp3) is 0.643. The van der Waals surface area contributed by atoms with Crippen LogP contribution < -0.4 is 5.73 Å². The van der Waals surface area contributed by atoms with E-state index in [1.54, 1.807) is 6.07 Å². The smallest absolute Gasteiger partial charge is 0.141 e. The second-order valence-corrected chi connectivity index (χ2v) is 5.20. The molecule has 0 aliphatic carbocycles. The molecule has 2 heterocycles. The molecule has 3 atom stereocenters. The summed E-state index contributed by atoms with van der Waals surface area (Å²) in [7, 11) is 0. The van der Waals surface area contributed by atoms with E-state index in [2.05, 4.69) is 23.7 Å². The van der Waals surface area contributed by atoms with Crippen molar-refractivity contribution >= 4 is 0 Å². The van der Waals surface area contributed by atoms with E-state index in [9.17, 15) is 4.39 Å². The zero-order chi connectivity index (χ0) is 13.1. The van der Waals surface area contributed by atoms with Gasteiger partial charge in [0.2, 0.25) is 0 Å². The van der Waals surface area contributed by atoms with E-state index in [0.29, 0.717) is 12.1 Å². The molecule has 0 bridgehead atoms.